The Morgan fingerprint density at radius 2 is 2.36 bits per heavy atom. The van der Waals surface area contributed by atoms with Crippen molar-refractivity contribution in [1.29, 1.82) is 0 Å². The number of carbonyl (C=O) groups is 2. The second-order valence-corrected chi connectivity index (χ2v) is 8.73. The summed E-state index contributed by atoms with van der Waals surface area (Å²) in [7, 11) is 0. The first-order chi connectivity index (χ1) is 13.7. The number of hydrogen-bond acceptors (Lipinski definition) is 7. The molecule has 1 saturated heterocycles. The van der Waals surface area contributed by atoms with Gasteiger partial charge >= 0.3 is 6.03 Å². The van der Waals surface area contributed by atoms with E-state index in [9.17, 15) is 9.59 Å². The molecule has 1 aromatic heterocycles. The minimum atomic E-state index is -0.163. The van der Waals surface area contributed by atoms with E-state index in [1.165, 1.54) is 23.1 Å². The molecule has 0 saturated carbocycles. The van der Waals surface area contributed by atoms with Crippen molar-refractivity contribution in [3.8, 4) is 0 Å². The van der Waals surface area contributed by atoms with Gasteiger partial charge in [-0.15, -0.1) is 11.3 Å². The Morgan fingerprint density at radius 3 is 3.14 bits per heavy atom. The Bertz CT molecular complexity index is 894. The average Bonchev–Trinajstić information content (AvgIpc) is 3.36. The van der Waals surface area contributed by atoms with Gasteiger partial charge in [0.1, 0.15) is 0 Å². The number of fused-ring (bicyclic) bond motifs is 1. The van der Waals surface area contributed by atoms with Crippen LogP contribution in [0.25, 0.3) is 10.2 Å². The zero-order chi connectivity index (χ0) is 19.3. The highest BCUT2D eigenvalue weighted by Crippen LogP contribution is 2.31. The molecule has 3 N–H and O–H groups in total. The number of rotatable bonds is 5. The molecular formula is C18H21N5O3S2. The van der Waals surface area contributed by atoms with E-state index < -0.39 is 0 Å². The largest absolute Gasteiger partial charge is 0.388 e. The van der Waals surface area contributed by atoms with Gasteiger partial charge in [0, 0.05) is 37.8 Å². The molecule has 1 fully saturated rings. The normalized spacial score (nSPS) is 18.9. The van der Waals surface area contributed by atoms with Gasteiger partial charge in [0.15, 0.2) is 4.34 Å². The highest BCUT2D eigenvalue weighted by Gasteiger charge is 2.18. The first kappa shape index (κ1) is 19.0. The zero-order valence-corrected chi connectivity index (χ0v) is 16.8. The number of benzene rings is 1. The molecule has 2 aromatic rings. The third kappa shape index (κ3) is 4.75. The van der Waals surface area contributed by atoms with Crippen molar-refractivity contribution in [1.82, 2.24) is 20.5 Å². The molecule has 0 radical (unpaired) electrons. The lowest BCUT2D eigenvalue weighted by Gasteiger charge is -2.22. The van der Waals surface area contributed by atoms with E-state index in [-0.39, 0.29) is 18.0 Å². The Hall–Kier alpha value is -2.30. The highest BCUT2D eigenvalue weighted by molar-refractivity contribution is 8.01. The second kappa shape index (κ2) is 8.80. The fourth-order valence-corrected chi connectivity index (χ4v) is 4.86. The molecule has 2 aliphatic heterocycles. The lowest BCUT2D eigenvalue weighted by Crippen LogP contribution is -2.38. The maximum atomic E-state index is 12.3. The molecule has 4 rings (SSSR count). The third-order valence-corrected chi connectivity index (χ3v) is 6.53. The second-order valence-electron chi connectivity index (χ2n) is 6.47. The number of carbonyl (C=O) groups excluding carboxylic acids is 2. The van der Waals surface area contributed by atoms with Crippen LogP contribution in [-0.2, 0) is 9.53 Å². The highest BCUT2D eigenvalue weighted by atomic mass is 32.2. The monoisotopic (exact) mass is 419 g/mol. The maximum absolute atomic E-state index is 12.3. The molecule has 0 aliphatic carbocycles. The van der Waals surface area contributed by atoms with Crippen LogP contribution in [0.15, 0.2) is 34.9 Å². The lowest BCUT2D eigenvalue weighted by atomic mass is 10.3. The van der Waals surface area contributed by atoms with Crippen LogP contribution >= 0.6 is 23.1 Å². The number of hydrogen-bond donors (Lipinski definition) is 3. The first-order valence-electron chi connectivity index (χ1n) is 9.05. The molecule has 0 unspecified atom stereocenters. The van der Waals surface area contributed by atoms with Crippen LogP contribution < -0.4 is 16.0 Å². The number of urea groups is 1. The van der Waals surface area contributed by atoms with Crippen LogP contribution in [0.5, 0.6) is 0 Å². The van der Waals surface area contributed by atoms with Crippen molar-refractivity contribution in [3.05, 3.63) is 30.6 Å². The molecule has 1 atom stereocenters. The van der Waals surface area contributed by atoms with Gasteiger partial charge in [-0.3, -0.25) is 9.69 Å². The van der Waals surface area contributed by atoms with Gasteiger partial charge in [0.05, 0.1) is 28.6 Å². The zero-order valence-electron chi connectivity index (χ0n) is 15.1. The van der Waals surface area contributed by atoms with E-state index in [0.29, 0.717) is 25.5 Å². The van der Waals surface area contributed by atoms with E-state index in [0.717, 1.165) is 33.2 Å². The van der Waals surface area contributed by atoms with Gasteiger partial charge in [-0.05, 0) is 24.6 Å². The summed E-state index contributed by atoms with van der Waals surface area (Å²) in [6.45, 7) is 2.66. The molecule has 3 heterocycles. The first-order valence-corrected chi connectivity index (χ1v) is 10.9. The van der Waals surface area contributed by atoms with Gasteiger partial charge in [0.2, 0.25) is 5.91 Å². The van der Waals surface area contributed by atoms with Gasteiger partial charge in [-0.2, -0.15) is 0 Å². The minimum absolute atomic E-state index is 0.00298. The quantitative estimate of drug-likeness (QED) is 0.643. The van der Waals surface area contributed by atoms with Crippen LogP contribution in [0.1, 0.15) is 6.42 Å². The fourth-order valence-electron chi connectivity index (χ4n) is 2.94. The van der Waals surface area contributed by atoms with Crippen LogP contribution in [0.2, 0.25) is 0 Å². The number of ether oxygens (including phenoxy) is 1. The van der Waals surface area contributed by atoms with Crippen molar-refractivity contribution in [2.75, 3.05) is 37.4 Å². The summed E-state index contributed by atoms with van der Waals surface area (Å²) >= 11 is 2.94. The number of thiazole rings is 1. The van der Waals surface area contributed by atoms with E-state index in [4.69, 9.17) is 4.74 Å². The Morgan fingerprint density at radius 1 is 1.43 bits per heavy atom. The van der Waals surface area contributed by atoms with Crippen molar-refractivity contribution >= 4 is 50.9 Å². The summed E-state index contributed by atoms with van der Waals surface area (Å²) in [5, 5.41) is 8.94. The molecule has 28 heavy (non-hydrogen) atoms. The predicted octanol–water partition coefficient (Wildman–Crippen LogP) is 2.20. The number of anilines is 1. The van der Waals surface area contributed by atoms with Crippen LogP contribution in [0, 0.1) is 0 Å². The van der Waals surface area contributed by atoms with Gasteiger partial charge in [-0.25, -0.2) is 9.78 Å². The molecule has 148 valence electrons. The molecule has 3 amide bonds. The van der Waals surface area contributed by atoms with Crippen molar-refractivity contribution in [2.24, 2.45) is 0 Å². The van der Waals surface area contributed by atoms with Crippen LogP contribution in [0.4, 0.5) is 10.5 Å². The van der Waals surface area contributed by atoms with E-state index >= 15 is 0 Å². The number of amides is 3. The third-order valence-electron chi connectivity index (χ3n) is 4.37. The SMILES string of the molecule is O=C(CSc1nc2ccc(NC(=O)N3C=CNCC3)cc2s1)N[C@@H]1CCOC1. The van der Waals surface area contributed by atoms with Crippen molar-refractivity contribution in [2.45, 2.75) is 16.8 Å². The molecule has 1 aromatic carbocycles. The fraction of sp³-hybridized carbons (Fsp3) is 0.389. The Balaban J connectivity index is 1.34. The average molecular weight is 420 g/mol. The molecule has 0 bridgehead atoms. The minimum Gasteiger partial charge on any atom is -0.388 e. The summed E-state index contributed by atoms with van der Waals surface area (Å²) < 4.78 is 7.07. The summed E-state index contributed by atoms with van der Waals surface area (Å²) in [6, 6.07) is 5.60. The van der Waals surface area contributed by atoms with Crippen LogP contribution in [0.3, 0.4) is 0 Å². The number of nitrogens with one attached hydrogen (secondary N) is 3. The van der Waals surface area contributed by atoms with Crippen molar-refractivity contribution in [3.63, 3.8) is 0 Å². The number of aromatic nitrogens is 1. The molecule has 0 spiro atoms. The molecular weight excluding hydrogens is 398 g/mol. The summed E-state index contributed by atoms with van der Waals surface area (Å²) in [4.78, 5) is 30.5. The summed E-state index contributed by atoms with van der Waals surface area (Å²) in [5.74, 6) is 0.326. The molecule has 10 heteroatoms. The number of nitrogens with zero attached hydrogens (tertiary/aromatic N) is 2. The van der Waals surface area contributed by atoms with Crippen molar-refractivity contribution < 1.29 is 14.3 Å². The topological polar surface area (TPSA) is 95.6 Å². The lowest BCUT2D eigenvalue weighted by molar-refractivity contribution is -0.119. The van der Waals surface area contributed by atoms with Crippen LogP contribution in [-0.4, -0.2) is 59.9 Å². The summed E-state index contributed by atoms with van der Waals surface area (Å²) in [6.07, 6.45) is 4.35. The van der Waals surface area contributed by atoms with E-state index in [1.807, 2.05) is 18.2 Å². The predicted molar refractivity (Wildman–Crippen MR) is 111 cm³/mol. The smallest absolute Gasteiger partial charge is 0.325 e. The van der Waals surface area contributed by atoms with E-state index in [1.54, 1.807) is 17.3 Å². The maximum Gasteiger partial charge on any atom is 0.325 e. The van der Waals surface area contributed by atoms with Gasteiger partial charge < -0.3 is 20.7 Å². The standard InChI is InChI=1S/C18H21N5O3S2/c24-16(20-13-3-8-26-10-13)11-27-18-22-14-2-1-12(9-15(14)28-18)21-17(25)23-6-4-19-5-7-23/h1-2,4,6,9,13,19H,3,5,7-8,10-11H2,(H,20,24)(H,21,25)/t13-/m1/s1. The summed E-state index contributed by atoms with van der Waals surface area (Å²) in [5.41, 5.74) is 1.58. The Labute approximate surface area is 170 Å². The Kier molecular flexibility index (Phi) is 5.98. The molecule has 8 nitrogen and oxygen atoms in total. The van der Waals surface area contributed by atoms with E-state index in [2.05, 4.69) is 20.9 Å². The molecule has 2 aliphatic rings. The van der Waals surface area contributed by atoms with Gasteiger partial charge in [0.25, 0.3) is 0 Å². The number of thioether (sulfide) groups is 1. The van der Waals surface area contributed by atoms with Gasteiger partial charge in [-0.1, -0.05) is 11.8 Å².